The molecule has 0 unspecified atom stereocenters. The van der Waals surface area contributed by atoms with E-state index in [9.17, 15) is 5.11 Å². The van der Waals surface area contributed by atoms with Crippen LogP contribution in [0.1, 0.15) is 23.1 Å². The lowest BCUT2D eigenvalue weighted by molar-refractivity contribution is 0.373. The summed E-state index contributed by atoms with van der Waals surface area (Å²) in [6.07, 6.45) is 2.33. The summed E-state index contributed by atoms with van der Waals surface area (Å²) in [5.74, 6) is 0.726. The highest BCUT2D eigenvalue weighted by molar-refractivity contribution is 5.57. The molecule has 1 N–H and O–H groups in total. The minimum absolute atomic E-state index is 0.205. The molecule has 21 heavy (non-hydrogen) atoms. The summed E-state index contributed by atoms with van der Waals surface area (Å²) in [5, 5.41) is 9.91. The van der Waals surface area contributed by atoms with Crippen LogP contribution in [0.2, 0.25) is 0 Å². The first-order valence-corrected chi connectivity index (χ1v) is 7.38. The lowest BCUT2D eigenvalue weighted by Crippen LogP contribution is -2.28. The number of hydrogen-bond acceptors (Lipinski definition) is 3. The quantitative estimate of drug-likeness (QED) is 0.933. The molecule has 0 aromatic heterocycles. The number of methoxy groups -OCH3 is 1. The minimum Gasteiger partial charge on any atom is -0.504 e. The van der Waals surface area contributed by atoms with Crippen LogP contribution in [0.4, 0.5) is 5.69 Å². The smallest absolute Gasteiger partial charge is 0.160 e. The van der Waals surface area contributed by atoms with Crippen LogP contribution in [0.25, 0.3) is 0 Å². The van der Waals surface area contributed by atoms with Crippen molar-refractivity contribution in [2.24, 2.45) is 0 Å². The van der Waals surface area contributed by atoms with Crippen molar-refractivity contribution in [2.75, 3.05) is 18.6 Å². The average Bonchev–Trinajstić information content (AvgIpc) is 2.47. The highest BCUT2D eigenvalue weighted by atomic mass is 16.5. The molecule has 0 atom stereocenters. The van der Waals surface area contributed by atoms with Gasteiger partial charge >= 0.3 is 0 Å². The monoisotopic (exact) mass is 283 g/mol. The van der Waals surface area contributed by atoms with Crippen LogP contribution >= 0.6 is 0 Å². The zero-order valence-corrected chi connectivity index (χ0v) is 12.6. The third kappa shape index (κ3) is 2.82. The topological polar surface area (TPSA) is 32.7 Å². The third-order valence-electron chi connectivity index (χ3n) is 4.07. The van der Waals surface area contributed by atoms with Gasteiger partial charge in [0.1, 0.15) is 0 Å². The predicted octanol–water partition coefficient (Wildman–Crippen LogP) is 3.66. The van der Waals surface area contributed by atoms with Crippen molar-refractivity contribution >= 4 is 5.69 Å². The van der Waals surface area contributed by atoms with Crippen molar-refractivity contribution in [1.29, 1.82) is 0 Å². The molecule has 3 rings (SSSR count). The first kappa shape index (κ1) is 13.8. The van der Waals surface area contributed by atoms with Crippen LogP contribution in [0.5, 0.6) is 11.5 Å². The van der Waals surface area contributed by atoms with Crippen molar-refractivity contribution in [3.05, 3.63) is 53.1 Å². The summed E-state index contributed by atoms with van der Waals surface area (Å²) in [7, 11) is 1.57. The molecule has 0 amide bonds. The first-order chi connectivity index (χ1) is 10.2. The number of phenols is 1. The molecule has 2 aromatic rings. The van der Waals surface area contributed by atoms with Crippen LogP contribution < -0.4 is 9.64 Å². The van der Waals surface area contributed by atoms with E-state index in [1.54, 1.807) is 13.2 Å². The number of rotatable bonds is 3. The lowest BCUT2D eigenvalue weighted by atomic mass is 9.99. The zero-order valence-electron chi connectivity index (χ0n) is 12.6. The fourth-order valence-corrected chi connectivity index (χ4v) is 3.02. The van der Waals surface area contributed by atoms with Crippen molar-refractivity contribution in [3.8, 4) is 11.5 Å². The van der Waals surface area contributed by atoms with Gasteiger partial charge in [-0.3, -0.25) is 0 Å². The molecule has 2 aromatic carbocycles. The van der Waals surface area contributed by atoms with Crippen LogP contribution in [0, 0.1) is 6.92 Å². The molecular weight excluding hydrogens is 262 g/mol. The maximum atomic E-state index is 9.91. The second-order valence-electron chi connectivity index (χ2n) is 5.66. The highest BCUT2D eigenvalue weighted by Crippen LogP contribution is 2.31. The fraction of sp³-hybridized carbons (Fsp3) is 0.333. The molecule has 1 aliphatic heterocycles. The standard InChI is InChI=1S/C18H21NO2/c1-13-5-7-16-15(10-13)4-3-9-19(16)12-14-6-8-18(21-2)17(20)11-14/h5-8,10-11,20H,3-4,9,12H2,1-2H3. The number of nitrogens with zero attached hydrogens (tertiary/aromatic N) is 1. The van der Waals surface area contributed by atoms with Gasteiger partial charge in [-0.1, -0.05) is 23.8 Å². The maximum Gasteiger partial charge on any atom is 0.160 e. The summed E-state index contributed by atoms with van der Waals surface area (Å²) in [4.78, 5) is 2.39. The molecule has 1 aliphatic rings. The second kappa shape index (κ2) is 5.68. The van der Waals surface area contributed by atoms with Crippen LogP contribution in [0.3, 0.4) is 0 Å². The second-order valence-corrected chi connectivity index (χ2v) is 5.66. The molecule has 3 nitrogen and oxygen atoms in total. The number of aryl methyl sites for hydroxylation is 2. The molecule has 0 fully saturated rings. The number of anilines is 1. The van der Waals surface area contributed by atoms with Crippen LogP contribution in [0.15, 0.2) is 36.4 Å². The van der Waals surface area contributed by atoms with Gasteiger partial charge in [0.05, 0.1) is 7.11 Å². The fourth-order valence-electron chi connectivity index (χ4n) is 3.02. The molecule has 0 saturated heterocycles. The van der Waals surface area contributed by atoms with E-state index in [0.717, 1.165) is 25.1 Å². The van der Waals surface area contributed by atoms with E-state index in [1.807, 2.05) is 12.1 Å². The van der Waals surface area contributed by atoms with Gasteiger partial charge in [0, 0.05) is 18.8 Å². The molecule has 1 heterocycles. The Bertz CT molecular complexity index is 652. The van der Waals surface area contributed by atoms with E-state index in [-0.39, 0.29) is 5.75 Å². The Morgan fingerprint density at radius 3 is 2.81 bits per heavy atom. The molecule has 0 aliphatic carbocycles. The van der Waals surface area contributed by atoms with Gasteiger partial charge in [-0.25, -0.2) is 0 Å². The number of aromatic hydroxyl groups is 1. The van der Waals surface area contributed by atoms with E-state index >= 15 is 0 Å². The highest BCUT2D eigenvalue weighted by Gasteiger charge is 2.17. The molecular formula is C18H21NO2. The van der Waals surface area contributed by atoms with Gasteiger partial charge in [0.2, 0.25) is 0 Å². The predicted molar refractivity (Wildman–Crippen MR) is 85.2 cm³/mol. The largest absolute Gasteiger partial charge is 0.504 e. The normalized spacial score (nSPS) is 13.9. The van der Waals surface area contributed by atoms with E-state index in [4.69, 9.17) is 4.74 Å². The van der Waals surface area contributed by atoms with Crippen LogP contribution in [-0.4, -0.2) is 18.8 Å². The minimum atomic E-state index is 0.205. The Balaban J connectivity index is 1.85. The van der Waals surface area contributed by atoms with E-state index in [0.29, 0.717) is 5.75 Å². The Morgan fingerprint density at radius 2 is 2.05 bits per heavy atom. The average molecular weight is 283 g/mol. The van der Waals surface area contributed by atoms with Crippen molar-refractivity contribution in [3.63, 3.8) is 0 Å². The van der Waals surface area contributed by atoms with Gasteiger partial charge in [-0.05, 0) is 49.1 Å². The number of phenolic OH excluding ortho intramolecular Hbond substituents is 1. The third-order valence-corrected chi connectivity index (χ3v) is 4.07. The van der Waals surface area contributed by atoms with E-state index in [1.165, 1.54) is 23.2 Å². The summed E-state index contributed by atoms with van der Waals surface area (Å²) in [6.45, 7) is 4.01. The van der Waals surface area contributed by atoms with Gasteiger partial charge in [-0.2, -0.15) is 0 Å². The van der Waals surface area contributed by atoms with Crippen molar-refractivity contribution in [2.45, 2.75) is 26.3 Å². The summed E-state index contributed by atoms with van der Waals surface area (Å²) in [5.41, 5.74) is 5.17. The molecule has 0 spiro atoms. The summed E-state index contributed by atoms with van der Waals surface area (Å²) in [6, 6.07) is 12.3. The van der Waals surface area contributed by atoms with Gasteiger partial charge in [0.25, 0.3) is 0 Å². The Labute approximate surface area is 125 Å². The Kier molecular flexibility index (Phi) is 3.74. The Hall–Kier alpha value is -2.16. The summed E-state index contributed by atoms with van der Waals surface area (Å²) < 4.78 is 5.10. The molecule has 110 valence electrons. The Morgan fingerprint density at radius 1 is 1.19 bits per heavy atom. The van der Waals surface area contributed by atoms with Crippen LogP contribution in [-0.2, 0) is 13.0 Å². The first-order valence-electron chi connectivity index (χ1n) is 7.38. The van der Waals surface area contributed by atoms with Gasteiger partial charge in [-0.15, -0.1) is 0 Å². The number of benzene rings is 2. The van der Waals surface area contributed by atoms with Crippen molar-refractivity contribution in [1.82, 2.24) is 0 Å². The number of hydrogen-bond donors (Lipinski definition) is 1. The van der Waals surface area contributed by atoms with Gasteiger partial charge < -0.3 is 14.7 Å². The molecule has 3 heteroatoms. The lowest BCUT2D eigenvalue weighted by Gasteiger charge is -2.31. The van der Waals surface area contributed by atoms with Gasteiger partial charge in [0.15, 0.2) is 11.5 Å². The van der Waals surface area contributed by atoms with E-state index in [2.05, 4.69) is 30.0 Å². The summed E-state index contributed by atoms with van der Waals surface area (Å²) >= 11 is 0. The number of ether oxygens (including phenoxy) is 1. The van der Waals surface area contributed by atoms with Crippen molar-refractivity contribution < 1.29 is 9.84 Å². The van der Waals surface area contributed by atoms with E-state index < -0.39 is 0 Å². The number of fused-ring (bicyclic) bond motifs is 1. The molecule has 0 saturated carbocycles. The zero-order chi connectivity index (χ0) is 14.8. The molecule has 0 bridgehead atoms. The molecule has 0 radical (unpaired) electrons. The SMILES string of the molecule is COc1ccc(CN2CCCc3cc(C)ccc32)cc1O. The maximum absolute atomic E-state index is 9.91.